The van der Waals surface area contributed by atoms with Gasteiger partial charge in [0.2, 0.25) is 5.91 Å². The lowest BCUT2D eigenvalue weighted by atomic mass is 9.99. The second-order valence-corrected chi connectivity index (χ2v) is 7.54. The summed E-state index contributed by atoms with van der Waals surface area (Å²) in [5.41, 5.74) is 4.01. The molecule has 1 aliphatic carbocycles. The molecule has 6 heteroatoms. The molecule has 0 unspecified atom stereocenters. The predicted octanol–water partition coefficient (Wildman–Crippen LogP) is 3.01. The maximum Gasteiger partial charge on any atom is 0.256 e. The molecule has 2 heterocycles. The third kappa shape index (κ3) is 2.95. The smallest absolute Gasteiger partial charge is 0.256 e. The van der Waals surface area contributed by atoms with Gasteiger partial charge in [0, 0.05) is 31.3 Å². The van der Waals surface area contributed by atoms with Crippen LogP contribution in [-0.4, -0.2) is 39.6 Å². The zero-order chi connectivity index (χ0) is 19.1. The van der Waals surface area contributed by atoms with Crippen LogP contribution >= 0.6 is 0 Å². The van der Waals surface area contributed by atoms with Crippen LogP contribution in [0.25, 0.3) is 10.8 Å². The summed E-state index contributed by atoms with van der Waals surface area (Å²) in [6.45, 7) is 2.11. The van der Waals surface area contributed by atoms with Crippen LogP contribution in [0.5, 0.6) is 0 Å². The average Bonchev–Trinajstić information content (AvgIpc) is 3.42. The first kappa shape index (κ1) is 17.0. The number of carbonyl (C=O) groups excluding carboxylic acids is 2. The van der Waals surface area contributed by atoms with Crippen molar-refractivity contribution in [3.63, 3.8) is 0 Å². The minimum absolute atomic E-state index is 0.120. The molecule has 1 fully saturated rings. The van der Waals surface area contributed by atoms with Crippen LogP contribution < -0.4 is 5.32 Å². The van der Waals surface area contributed by atoms with Gasteiger partial charge in [-0.25, -0.2) is 0 Å². The Labute approximate surface area is 163 Å². The van der Waals surface area contributed by atoms with E-state index in [4.69, 9.17) is 0 Å². The third-order valence-corrected chi connectivity index (χ3v) is 5.78. The Balaban J connectivity index is 1.31. The first-order chi connectivity index (χ1) is 13.7. The van der Waals surface area contributed by atoms with Gasteiger partial charge >= 0.3 is 0 Å². The van der Waals surface area contributed by atoms with Crippen LogP contribution in [0, 0.1) is 0 Å². The van der Waals surface area contributed by atoms with E-state index < -0.39 is 0 Å². The van der Waals surface area contributed by atoms with Crippen LogP contribution in [0.4, 0.5) is 5.69 Å². The zero-order valence-electron chi connectivity index (χ0n) is 15.6. The fourth-order valence-corrected chi connectivity index (χ4v) is 4.36. The summed E-state index contributed by atoms with van der Waals surface area (Å²) in [7, 11) is 0. The molecule has 0 radical (unpaired) electrons. The Morgan fingerprint density at radius 3 is 2.75 bits per heavy atom. The predicted molar refractivity (Wildman–Crippen MR) is 107 cm³/mol. The van der Waals surface area contributed by atoms with Crippen molar-refractivity contribution in [2.45, 2.75) is 32.2 Å². The molecule has 1 aliphatic heterocycles. The number of carbonyl (C=O) groups is 2. The van der Waals surface area contributed by atoms with E-state index >= 15 is 0 Å². The van der Waals surface area contributed by atoms with Crippen molar-refractivity contribution in [1.29, 1.82) is 0 Å². The van der Waals surface area contributed by atoms with E-state index in [2.05, 4.69) is 22.5 Å². The van der Waals surface area contributed by atoms with E-state index in [1.807, 2.05) is 29.3 Å². The first-order valence-corrected chi connectivity index (χ1v) is 9.84. The number of aromatic nitrogens is 2. The highest BCUT2D eigenvalue weighted by Crippen LogP contribution is 2.33. The average molecular weight is 374 g/mol. The second kappa shape index (κ2) is 6.78. The number of hydrogen-bond acceptors (Lipinski definition) is 3. The molecule has 1 saturated heterocycles. The van der Waals surface area contributed by atoms with E-state index in [1.165, 1.54) is 16.5 Å². The number of likely N-dealkylation sites (tertiary alicyclic amines) is 1. The minimum atomic E-state index is -0.120. The largest absolute Gasteiger partial charge is 0.341 e. The molecule has 142 valence electrons. The lowest BCUT2D eigenvalue weighted by molar-refractivity contribution is -0.127. The maximum absolute atomic E-state index is 12.9. The molecule has 0 spiro atoms. The lowest BCUT2D eigenvalue weighted by Crippen LogP contribution is -2.28. The lowest BCUT2D eigenvalue weighted by Gasteiger charge is -2.14. The van der Waals surface area contributed by atoms with Crippen LogP contribution in [0.15, 0.2) is 42.7 Å². The molecule has 3 aromatic rings. The van der Waals surface area contributed by atoms with Crippen molar-refractivity contribution >= 4 is 28.3 Å². The Kier molecular flexibility index (Phi) is 4.11. The van der Waals surface area contributed by atoms with Gasteiger partial charge in [-0.3, -0.25) is 14.3 Å². The molecule has 0 atom stereocenters. The zero-order valence-corrected chi connectivity index (χ0v) is 15.6. The van der Waals surface area contributed by atoms with Crippen molar-refractivity contribution in [3.05, 3.63) is 59.4 Å². The molecule has 2 aromatic carbocycles. The van der Waals surface area contributed by atoms with Crippen molar-refractivity contribution in [3.8, 4) is 0 Å². The number of nitrogens with zero attached hydrogens (tertiary/aromatic N) is 3. The Bertz CT molecular complexity index is 1080. The molecule has 5 rings (SSSR count). The van der Waals surface area contributed by atoms with Crippen LogP contribution in [0.3, 0.4) is 0 Å². The highest BCUT2D eigenvalue weighted by molar-refractivity contribution is 6.14. The standard InChI is InChI=1S/C22H22N4O2/c27-20-5-2-10-25(20)11-12-26-14-17(13-23-26)24-22(28)19-9-8-16-7-6-15-3-1-4-18(19)21(15)16/h1,3-4,8-9,13-14H,2,5-7,10-12H2,(H,24,28). The number of benzene rings is 2. The van der Waals surface area contributed by atoms with E-state index in [1.54, 1.807) is 10.9 Å². The van der Waals surface area contributed by atoms with Gasteiger partial charge in [0.25, 0.3) is 5.91 Å². The van der Waals surface area contributed by atoms with E-state index in [9.17, 15) is 9.59 Å². The summed E-state index contributed by atoms with van der Waals surface area (Å²) in [4.78, 5) is 26.5. The van der Waals surface area contributed by atoms with Crippen molar-refractivity contribution in [2.75, 3.05) is 18.4 Å². The number of hydrogen-bond donors (Lipinski definition) is 1. The second-order valence-electron chi connectivity index (χ2n) is 7.54. The summed E-state index contributed by atoms with van der Waals surface area (Å²) in [6, 6.07) is 10.2. The molecule has 2 amide bonds. The van der Waals surface area contributed by atoms with Gasteiger partial charge in [-0.2, -0.15) is 5.10 Å². The van der Waals surface area contributed by atoms with Gasteiger partial charge in [0.05, 0.1) is 18.4 Å². The first-order valence-electron chi connectivity index (χ1n) is 9.84. The highest BCUT2D eigenvalue weighted by atomic mass is 16.2. The summed E-state index contributed by atoms with van der Waals surface area (Å²) >= 11 is 0. The molecular weight excluding hydrogens is 352 g/mol. The van der Waals surface area contributed by atoms with Crippen molar-refractivity contribution in [2.24, 2.45) is 0 Å². The van der Waals surface area contributed by atoms with Gasteiger partial charge in [0.1, 0.15) is 0 Å². The molecule has 6 nitrogen and oxygen atoms in total. The molecule has 2 aliphatic rings. The molecular formula is C22H22N4O2. The Morgan fingerprint density at radius 1 is 1.07 bits per heavy atom. The number of amides is 2. The quantitative estimate of drug-likeness (QED) is 0.746. The summed E-state index contributed by atoms with van der Waals surface area (Å²) < 4.78 is 1.77. The molecule has 1 aromatic heterocycles. The van der Waals surface area contributed by atoms with Gasteiger partial charge in [-0.1, -0.05) is 24.3 Å². The van der Waals surface area contributed by atoms with E-state index in [0.717, 1.165) is 31.2 Å². The topological polar surface area (TPSA) is 67.2 Å². The van der Waals surface area contributed by atoms with E-state index in [-0.39, 0.29) is 11.8 Å². The van der Waals surface area contributed by atoms with Gasteiger partial charge in [-0.05, 0) is 47.2 Å². The number of rotatable bonds is 5. The van der Waals surface area contributed by atoms with Gasteiger partial charge < -0.3 is 10.2 Å². The highest BCUT2D eigenvalue weighted by Gasteiger charge is 2.20. The third-order valence-electron chi connectivity index (χ3n) is 5.78. The Morgan fingerprint density at radius 2 is 1.93 bits per heavy atom. The van der Waals surface area contributed by atoms with E-state index in [0.29, 0.717) is 30.8 Å². The fourth-order valence-electron chi connectivity index (χ4n) is 4.36. The number of aryl methyl sites for hydroxylation is 2. The monoisotopic (exact) mass is 374 g/mol. The van der Waals surface area contributed by atoms with Crippen molar-refractivity contribution < 1.29 is 9.59 Å². The van der Waals surface area contributed by atoms with Crippen LogP contribution in [-0.2, 0) is 24.2 Å². The maximum atomic E-state index is 12.9. The normalized spacial score (nSPS) is 15.6. The summed E-state index contributed by atoms with van der Waals surface area (Å²) in [6.07, 6.45) is 7.15. The number of nitrogens with one attached hydrogen (secondary N) is 1. The van der Waals surface area contributed by atoms with Gasteiger partial charge in [0.15, 0.2) is 0 Å². The number of anilines is 1. The summed E-state index contributed by atoms with van der Waals surface area (Å²) in [5, 5.41) is 9.53. The van der Waals surface area contributed by atoms with Crippen LogP contribution in [0.1, 0.15) is 34.3 Å². The van der Waals surface area contributed by atoms with Crippen LogP contribution in [0.2, 0.25) is 0 Å². The molecule has 28 heavy (non-hydrogen) atoms. The molecule has 0 bridgehead atoms. The Hall–Kier alpha value is -3.15. The molecule has 1 N–H and O–H groups in total. The fraction of sp³-hybridized carbons (Fsp3) is 0.318. The molecule has 0 saturated carbocycles. The SMILES string of the molecule is O=C(Nc1cnn(CCN2CCCC2=O)c1)c1ccc2c3c(cccc13)CC2. The minimum Gasteiger partial charge on any atom is -0.341 e. The van der Waals surface area contributed by atoms with Crippen molar-refractivity contribution in [1.82, 2.24) is 14.7 Å². The van der Waals surface area contributed by atoms with Gasteiger partial charge in [-0.15, -0.1) is 0 Å². The summed E-state index contributed by atoms with van der Waals surface area (Å²) in [5.74, 6) is 0.0950.